The zero-order chi connectivity index (χ0) is 25.2. The van der Waals surface area contributed by atoms with Gasteiger partial charge < -0.3 is 4.74 Å². The number of benzene rings is 1. The molecule has 0 amide bonds. The summed E-state index contributed by atoms with van der Waals surface area (Å²) < 4.78 is 19.8. The highest BCUT2D eigenvalue weighted by atomic mass is 19.1. The van der Waals surface area contributed by atoms with Crippen molar-refractivity contribution >= 4 is 12.0 Å². The molecule has 1 atom stereocenters. The number of hydrogen-bond donors (Lipinski definition) is 0. The number of ether oxygens (including phenoxy) is 1. The minimum Gasteiger partial charge on any atom is -0.460 e. The van der Waals surface area contributed by atoms with Gasteiger partial charge in [0.15, 0.2) is 0 Å². The number of carbonyl (C=O) groups is 1. The fourth-order valence-corrected chi connectivity index (χ4v) is 4.23. The third kappa shape index (κ3) is 8.13. The Morgan fingerprint density at radius 3 is 2.21 bits per heavy atom. The molecule has 1 aromatic carbocycles. The van der Waals surface area contributed by atoms with Gasteiger partial charge in [-0.05, 0) is 87.8 Å². The number of nitrogens with zero attached hydrogens (tertiary/aromatic N) is 2. The summed E-state index contributed by atoms with van der Waals surface area (Å²) in [6.07, 6.45) is 10.5. The van der Waals surface area contributed by atoms with Gasteiger partial charge in [-0.15, -0.1) is 0 Å². The van der Waals surface area contributed by atoms with E-state index in [2.05, 4.69) is 18.1 Å². The molecule has 0 N–H and O–H groups in total. The smallest absolute Gasteiger partial charge is 0.303 e. The van der Waals surface area contributed by atoms with E-state index in [0.29, 0.717) is 5.41 Å². The van der Waals surface area contributed by atoms with Crippen LogP contribution in [0, 0.1) is 11.2 Å². The summed E-state index contributed by atoms with van der Waals surface area (Å²) in [5.41, 5.74) is 4.97. The van der Waals surface area contributed by atoms with Gasteiger partial charge >= 0.3 is 5.97 Å². The van der Waals surface area contributed by atoms with Gasteiger partial charge in [0.1, 0.15) is 11.4 Å². The Morgan fingerprint density at radius 1 is 1.09 bits per heavy atom. The third-order valence-corrected chi connectivity index (χ3v) is 5.50. The molecule has 4 rings (SSSR count). The molecule has 4 nitrogen and oxygen atoms in total. The summed E-state index contributed by atoms with van der Waals surface area (Å²) in [7, 11) is 0. The SMILES string of the molecule is CC.CC.CC(=O)OC(C)(C)C.CC12CCCCC1=Cc1c(cnn1-c1ccc(F)cc1)C2. The van der Waals surface area contributed by atoms with Gasteiger partial charge in [0.25, 0.3) is 0 Å². The Labute approximate surface area is 200 Å². The quantitative estimate of drug-likeness (QED) is 0.408. The molecule has 1 saturated carbocycles. The van der Waals surface area contributed by atoms with Gasteiger partial charge in [-0.2, -0.15) is 5.10 Å². The highest BCUT2D eigenvalue weighted by molar-refractivity contribution is 5.66. The van der Waals surface area contributed by atoms with Crippen LogP contribution in [0.3, 0.4) is 0 Å². The zero-order valence-electron chi connectivity index (χ0n) is 22.1. The van der Waals surface area contributed by atoms with Crippen LogP contribution in [-0.2, 0) is 16.0 Å². The molecule has 0 saturated heterocycles. The van der Waals surface area contributed by atoms with E-state index in [4.69, 9.17) is 4.74 Å². The number of hydrogen-bond acceptors (Lipinski definition) is 3. The van der Waals surface area contributed by atoms with E-state index in [0.717, 1.165) is 12.1 Å². The maximum atomic E-state index is 13.1. The normalized spacial score (nSPS) is 18.4. The Hall–Kier alpha value is -2.43. The first kappa shape index (κ1) is 28.6. The van der Waals surface area contributed by atoms with Crippen LogP contribution in [0.15, 0.2) is 36.0 Å². The van der Waals surface area contributed by atoms with E-state index < -0.39 is 0 Å². The maximum absolute atomic E-state index is 13.1. The predicted molar refractivity (Wildman–Crippen MR) is 136 cm³/mol. The second kappa shape index (κ2) is 12.7. The van der Waals surface area contributed by atoms with Crippen LogP contribution in [0.25, 0.3) is 11.8 Å². The maximum Gasteiger partial charge on any atom is 0.303 e. The van der Waals surface area contributed by atoms with Gasteiger partial charge in [0, 0.05) is 6.92 Å². The standard InChI is InChI=1S/C18H19FN2.C6H12O2.2C2H6/c1-18-9-3-2-4-14(18)10-17-13(11-18)12-20-21(17)16-7-5-15(19)6-8-16;1-5(7)8-6(2,3)4;2*1-2/h5-8,10,12H,2-4,9,11H2,1H3;1-4H3;2*1-2H3. The molecule has 1 heterocycles. The van der Waals surface area contributed by atoms with Crippen LogP contribution in [0.4, 0.5) is 4.39 Å². The highest BCUT2D eigenvalue weighted by Gasteiger charge is 2.36. The molecule has 1 fully saturated rings. The lowest BCUT2D eigenvalue weighted by atomic mass is 9.66. The van der Waals surface area contributed by atoms with Gasteiger partial charge in [-0.25, -0.2) is 9.07 Å². The molecule has 184 valence electrons. The zero-order valence-corrected chi connectivity index (χ0v) is 22.1. The lowest BCUT2D eigenvalue weighted by Crippen LogP contribution is -2.28. The monoisotopic (exact) mass is 458 g/mol. The summed E-state index contributed by atoms with van der Waals surface area (Å²) in [5.74, 6) is -0.435. The van der Waals surface area contributed by atoms with Crippen molar-refractivity contribution in [3.8, 4) is 5.69 Å². The van der Waals surface area contributed by atoms with Crippen LogP contribution < -0.4 is 0 Å². The lowest BCUT2D eigenvalue weighted by molar-refractivity contribution is -0.151. The molecule has 2 aliphatic rings. The van der Waals surface area contributed by atoms with Crippen molar-refractivity contribution in [3.05, 3.63) is 53.1 Å². The molecule has 0 bridgehead atoms. The first-order valence-corrected chi connectivity index (χ1v) is 12.3. The lowest BCUT2D eigenvalue weighted by Gasteiger charge is -2.39. The fourth-order valence-electron chi connectivity index (χ4n) is 4.23. The largest absolute Gasteiger partial charge is 0.460 e. The van der Waals surface area contributed by atoms with E-state index in [9.17, 15) is 9.18 Å². The molecule has 33 heavy (non-hydrogen) atoms. The number of esters is 1. The molecule has 0 radical (unpaired) electrons. The van der Waals surface area contributed by atoms with E-state index in [1.807, 2.05) is 59.3 Å². The molecular weight excluding hydrogens is 415 g/mol. The number of allylic oxidation sites excluding steroid dienone is 1. The number of rotatable bonds is 1. The van der Waals surface area contributed by atoms with Crippen molar-refractivity contribution in [1.29, 1.82) is 0 Å². The average molecular weight is 459 g/mol. The minimum absolute atomic E-state index is 0.210. The number of fused-ring (bicyclic) bond motifs is 2. The molecule has 5 heteroatoms. The third-order valence-electron chi connectivity index (χ3n) is 5.50. The molecule has 2 aliphatic carbocycles. The van der Waals surface area contributed by atoms with E-state index in [1.54, 1.807) is 17.7 Å². The summed E-state index contributed by atoms with van der Waals surface area (Å²) in [4.78, 5) is 10.2. The predicted octanol–water partition coefficient (Wildman–Crippen LogP) is 7.93. The molecule has 1 aromatic heterocycles. The molecule has 0 aliphatic heterocycles. The van der Waals surface area contributed by atoms with Crippen LogP contribution in [0.1, 0.15) is 99.3 Å². The number of aromatic nitrogens is 2. The molecular formula is C28H43FN2O2. The second-order valence-electron chi connectivity index (χ2n) is 9.26. The number of carbonyl (C=O) groups excluding carboxylic acids is 1. The van der Waals surface area contributed by atoms with Crippen LogP contribution >= 0.6 is 0 Å². The summed E-state index contributed by atoms with van der Waals surface area (Å²) in [5, 5.41) is 4.54. The van der Waals surface area contributed by atoms with Gasteiger partial charge in [-0.1, -0.05) is 46.6 Å². The topological polar surface area (TPSA) is 44.1 Å². The molecule has 2 aromatic rings. The minimum atomic E-state index is -0.328. The fraction of sp³-hybridized carbons (Fsp3) is 0.571. The van der Waals surface area contributed by atoms with Gasteiger partial charge in [-0.3, -0.25) is 4.79 Å². The Balaban J connectivity index is 0.000000387. The summed E-state index contributed by atoms with van der Waals surface area (Å²) in [6.45, 7) is 17.3. The van der Waals surface area contributed by atoms with Gasteiger partial charge in [0.2, 0.25) is 0 Å². The molecule has 0 spiro atoms. The van der Waals surface area contributed by atoms with Crippen molar-refractivity contribution in [3.63, 3.8) is 0 Å². The number of halogens is 1. The van der Waals surface area contributed by atoms with E-state index in [-0.39, 0.29) is 17.4 Å². The molecule has 1 unspecified atom stereocenters. The van der Waals surface area contributed by atoms with E-state index in [1.165, 1.54) is 56.0 Å². The van der Waals surface area contributed by atoms with Gasteiger partial charge in [0.05, 0.1) is 17.6 Å². The van der Waals surface area contributed by atoms with Crippen LogP contribution in [-0.4, -0.2) is 21.4 Å². The van der Waals surface area contributed by atoms with Crippen molar-refractivity contribution < 1.29 is 13.9 Å². The van der Waals surface area contributed by atoms with Crippen molar-refractivity contribution in [2.45, 2.75) is 100 Å². The van der Waals surface area contributed by atoms with Crippen molar-refractivity contribution in [2.75, 3.05) is 0 Å². The average Bonchev–Trinajstić information content (AvgIpc) is 3.16. The first-order chi connectivity index (χ1) is 15.6. The Bertz CT molecular complexity index is 907. The second-order valence-corrected chi connectivity index (χ2v) is 9.26. The van der Waals surface area contributed by atoms with Crippen molar-refractivity contribution in [2.24, 2.45) is 5.41 Å². The van der Waals surface area contributed by atoms with E-state index >= 15 is 0 Å². The Morgan fingerprint density at radius 2 is 1.70 bits per heavy atom. The summed E-state index contributed by atoms with van der Waals surface area (Å²) >= 11 is 0. The van der Waals surface area contributed by atoms with Crippen LogP contribution in [0.2, 0.25) is 0 Å². The summed E-state index contributed by atoms with van der Waals surface area (Å²) in [6, 6.07) is 6.56. The Kier molecular flexibility index (Phi) is 11.0. The van der Waals surface area contributed by atoms with Crippen molar-refractivity contribution in [1.82, 2.24) is 9.78 Å². The highest BCUT2D eigenvalue weighted by Crippen LogP contribution is 2.47. The first-order valence-electron chi connectivity index (χ1n) is 12.3. The van der Waals surface area contributed by atoms with Crippen LogP contribution in [0.5, 0.6) is 0 Å².